The Kier molecular flexibility index (Phi) is 5.08. The number of nitro benzene ring substituents is 1. The summed E-state index contributed by atoms with van der Waals surface area (Å²) in [5.41, 5.74) is 1.65. The number of aryl methyl sites for hydroxylation is 1. The van der Waals surface area contributed by atoms with Gasteiger partial charge < -0.3 is 5.32 Å². The first-order chi connectivity index (χ1) is 13.0. The van der Waals surface area contributed by atoms with Gasteiger partial charge in [0.05, 0.1) is 10.5 Å². The Morgan fingerprint density at radius 1 is 0.889 bits per heavy atom. The van der Waals surface area contributed by atoms with Gasteiger partial charge in [0.2, 0.25) is 0 Å². The van der Waals surface area contributed by atoms with Crippen molar-refractivity contribution in [2.75, 3.05) is 5.32 Å². The summed E-state index contributed by atoms with van der Waals surface area (Å²) in [4.78, 5) is 36.0. The van der Waals surface area contributed by atoms with Gasteiger partial charge in [0, 0.05) is 28.4 Å². The van der Waals surface area contributed by atoms with E-state index in [0.717, 1.165) is 0 Å². The molecule has 0 aromatic heterocycles. The van der Waals surface area contributed by atoms with Crippen LogP contribution in [0.2, 0.25) is 0 Å². The van der Waals surface area contributed by atoms with E-state index >= 15 is 0 Å². The summed E-state index contributed by atoms with van der Waals surface area (Å²) >= 11 is 0. The normalized spacial score (nSPS) is 10.3. The van der Waals surface area contributed by atoms with Gasteiger partial charge in [0.1, 0.15) is 0 Å². The standard InChI is InChI=1S/C21H16N2O4/c1-14-11-12-16(13-19(14)23(26)27)22-21(25)18-10-6-5-9-17(18)20(24)15-7-3-2-4-8-15/h2-13H,1H3,(H,22,25). The Morgan fingerprint density at radius 3 is 2.19 bits per heavy atom. The molecule has 1 N–H and O–H groups in total. The van der Waals surface area contributed by atoms with Gasteiger partial charge in [-0.1, -0.05) is 54.6 Å². The van der Waals surface area contributed by atoms with Crippen molar-refractivity contribution >= 4 is 23.1 Å². The highest BCUT2D eigenvalue weighted by atomic mass is 16.6. The molecule has 0 bridgehead atoms. The summed E-state index contributed by atoms with van der Waals surface area (Å²) in [6, 6.07) is 19.6. The van der Waals surface area contributed by atoms with Crippen LogP contribution in [0.15, 0.2) is 72.8 Å². The lowest BCUT2D eigenvalue weighted by Crippen LogP contribution is -2.17. The lowest BCUT2D eigenvalue weighted by atomic mass is 9.98. The smallest absolute Gasteiger partial charge is 0.274 e. The number of anilines is 1. The minimum atomic E-state index is -0.506. The average Bonchev–Trinajstić information content (AvgIpc) is 2.69. The van der Waals surface area contributed by atoms with Crippen molar-refractivity contribution < 1.29 is 14.5 Å². The molecule has 6 heteroatoms. The van der Waals surface area contributed by atoms with Crippen LogP contribution >= 0.6 is 0 Å². The lowest BCUT2D eigenvalue weighted by molar-refractivity contribution is -0.385. The summed E-state index contributed by atoms with van der Waals surface area (Å²) < 4.78 is 0. The second-order valence-corrected chi connectivity index (χ2v) is 5.95. The monoisotopic (exact) mass is 360 g/mol. The minimum Gasteiger partial charge on any atom is -0.322 e. The molecule has 27 heavy (non-hydrogen) atoms. The van der Waals surface area contributed by atoms with Crippen LogP contribution < -0.4 is 5.32 Å². The van der Waals surface area contributed by atoms with Gasteiger partial charge >= 0.3 is 0 Å². The van der Waals surface area contributed by atoms with Crippen LogP contribution in [0, 0.1) is 17.0 Å². The van der Waals surface area contributed by atoms with Gasteiger partial charge in [0.15, 0.2) is 5.78 Å². The molecule has 0 unspecified atom stereocenters. The van der Waals surface area contributed by atoms with E-state index in [1.165, 1.54) is 6.07 Å². The van der Waals surface area contributed by atoms with Crippen LogP contribution in [-0.4, -0.2) is 16.6 Å². The molecule has 134 valence electrons. The fraction of sp³-hybridized carbons (Fsp3) is 0.0476. The molecule has 0 aliphatic heterocycles. The number of nitrogens with zero attached hydrogens (tertiary/aromatic N) is 1. The Labute approximate surface area is 155 Å². The third kappa shape index (κ3) is 3.90. The lowest BCUT2D eigenvalue weighted by Gasteiger charge is -2.10. The van der Waals surface area contributed by atoms with Crippen LogP contribution in [0.3, 0.4) is 0 Å². The molecule has 0 spiro atoms. The SMILES string of the molecule is Cc1ccc(NC(=O)c2ccccc2C(=O)c2ccccc2)cc1[N+](=O)[O-]. The Balaban J connectivity index is 1.92. The third-order valence-corrected chi connectivity index (χ3v) is 4.12. The van der Waals surface area contributed by atoms with E-state index in [9.17, 15) is 19.7 Å². The molecule has 0 aliphatic rings. The third-order valence-electron chi connectivity index (χ3n) is 4.12. The fourth-order valence-corrected chi connectivity index (χ4v) is 2.71. The molecular formula is C21H16N2O4. The van der Waals surface area contributed by atoms with Gasteiger partial charge in [-0.05, 0) is 19.1 Å². The van der Waals surface area contributed by atoms with Gasteiger partial charge in [-0.15, -0.1) is 0 Å². The van der Waals surface area contributed by atoms with Crippen LogP contribution in [0.1, 0.15) is 31.8 Å². The molecule has 0 fully saturated rings. The van der Waals surface area contributed by atoms with E-state index in [1.807, 2.05) is 0 Å². The maximum Gasteiger partial charge on any atom is 0.274 e. The minimum absolute atomic E-state index is 0.0820. The molecule has 0 aliphatic carbocycles. The van der Waals surface area contributed by atoms with Crippen LogP contribution in [0.4, 0.5) is 11.4 Å². The average molecular weight is 360 g/mol. The summed E-state index contributed by atoms with van der Waals surface area (Å²) in [5, 5.41) is 13.7. The van der Waals surface area contributed by atoms with Crippen molar-refractivity contribution in [3.05, 3.63) is 105 Å². The maximum atomic E-state index is 12.7. The number of carbonyl (C=O) groups is 2. The van der Waals surface area contributed by atoms with Crippen LogP contribution in [-0.2, 0) is 0 Å². The Morgan fingerprint density at radius 2 is 1.52 bits per heavy atom. The molecule has 3 aromatic carbocycles. The number of benzene rings is 3. The zero-order valence-corrected chi connectivity index (χ0v) is 14.5. The summed E-state index contributed by atoms with van der Waals surface area (Å²) in [5.74, 6) is -0.774. The molecule has 6 nitrogen and oxygen atoms in total. The van der Waals surface area contributed by atoms with Crippen molar-refractivity contribution in [1.29, 1.82) is 0 Å². The summed E-state index contributed by atoms with van der Waals surface area (Å²) in [6.45, 7) is 1.62. The number of ketones is 1. The molecule has 0 saturated heterocycles. The molecule has 3 rings (SSSR count). The topological polar surface area (TPSA) is 89.3 Å². The van der Waals surface area contributed by atoms with E-state index in [4.69, 9.17) is 0 Å². The highest BCUT2D eigenvalue weighted by molar-refractivity contribution is 6.17. The van der Waals surface area contributed by atoms with Gasteiger partial charge in [0.25, 0.3) is 11.6 Å². The Bertz CT molecular complexity index is 1030. The fourth-order valence-electron chi connectivity index (χ4n) is 2.71. The predicted molar refractivity (Wildman–Crippen MR) is 102 cm³/mol. The number of nitrogens with one attached hydrogen (secondary N) is 1. The number of nitro groups is 1. The zero-order chi connectivity index (χ0) is 19.4. The molecule has 0 atom stereocenters. The maximum absolute atomic E-state index is 12.7. The van der Waals surface area contributed by atoms with Crippen LogP contribution in [0.5, 0.6) is 0 Å². The van der Waals surface area contributed by atoms with E-state index in [0.29, 0.717) is 16.8 Å². The quantitative estimate of drug-likeness (QED) is 0.415. The molecule has 0 radical (unpaired) electrons. The number of amides is 1. The number of rotatable bonds is 5. The predicted octanol–water partition coefficient (Wildman–Crippen LogP) is 4.39. The van der Waals surface area contributed by atoms with Gasteiger partial charge in [-0.2, -0.15) is 0 Å². The second kappa shape index (κ2) is 7.61. The molecule has 3 aromatic rings. The highest BCUT2D eigenvalue weighted by Gasteiger charge is 2.19. The summed E-state index contributed by atoms with van der Waals surface area (Å²) in [6.07, 6.45) is 0. The van der Waals surface area contributed by atoms with Crippen molar-refractivity contribution in [2.45, 2.75) is 6.92 Å². The van der Waals surface area contributed by atoms with Crippen molar-refractivity contribution in [3.8, 4) is 0 Å². The van der Waals surface area contributed by atoms with Gasteiger partial charge in [-0.25, -0.2) is 0 Å². The molecule has 0 saturated carbocycles. The first-order valence-corrected chi connectivity index (χ1v) is 8.22. The zero-order valence-electron chi connectivity index (χ0n) is 14.5. The van der Waals surface area contributed by atoms with Crippen molar-refractivity contribution in [2.24, 2.45) is 0 Å². The first kappa shape index (κ1) is 18.0. The molecular weight excluding hydrogens is 344 g/mol. The van der Waals surface area contributed by atoms with E-state index in [-0.39, 0.29) is 22.6 Å². The molecule has 0 heterocycles. The molecule has 1 amide bonds. The first-order valence-electron chi connectivity index (χ1n) is 8.22. The second-order valence-electron chi connectivity index (χ2n) is 5.95. The highest BCUT2D eigenvalue weighted by Crippen LogP contribution is 2.23. The number of carbonyl (C=O) groups excluding carboxylic acids is 2. The van der Waals surface area contributed by atoms with Gasteiger partial charge in [-0.3, -0.25) is 19.7 Å². The summed E-state index contributed by atoms with van der Waals surface area (Å²) in [7, 11) is 0. The number of hydrogen-bond acceptors (Lipinski definition) is 4. The van der Waals surface area contributed by atoms with E-state index in [1.54, 1.807) is 73.7 Å². The van der Waals surface area contributed by atoms with E-state index in [2.05, 4.69) is 5.32 Å². The number of hydrogen-bond donors (Lipinski definition) is 1. The largest absolute Gasteiger partial charge is 0.322 e. The van der Waals surface area contributed by atoms with Crippen molar-refractivity contribution in [1.82, 2.24) is 0 Å². The Hall–Kier alpha value is -3.80. The van der Waals surface area contributed by atoms with E-state index < -0.39 is 10.8 Å². The van der Waals surface area contributed by atoms with Crippen LogP contribution in [0.25, 0.3) is 0 Å². The van der Waals surface area contributed by atoms with Crippen molar-refractivity contribution in [3.63, 3.8) is 0 Å².